The lowest BCUT2D eigenvalue weighted by molar-refractivity contribution is 0.0922. The summed E-state index contributed by atoms with van der Waals surface area (Å²) in [5.41, 5.74) is 7.08. The van der Waals surface area contributed by atoms with E-state index in [1.807, 2.05) is 6.07 Å². The van der Waals surface area contributed by atoms with E-state index in [9.17, 15) is 4.79 Å². The summed E-state index contributed by atoms with van der Waals surface area (Å²) >= 11 is 0. The van der Waals surface area contributed by atoms with E-state index in [1.165, 1.54) is 0 Å². The van der Waals surface area contributed by atoms with Crippen LogP contribution in [0, 0.1) is 5.92 Å². The molecule has 2 heterocycles. The number of nitrogens with zero attached hydrogens (tertiary/aromatic N) is 1. The van der Waals surface area contributed by atoms with Crippen LogP contribution < -0.4 is 11.1 Å². The fourth-order valence-corrected chi connectivity index (χ4v) is 2.86. The third-order valence-corrected chi connectivity index (χ3v) is 4.13. The predicted molar refractivity (Wildman–Crippen MR) is 83.2 cm³/mol. The van der Waals surface area contributed by atoms with Crippen LogP contribution in [0.5, 0.6) is 0 Å². The van der Waals surface area contributed by atoms with Crippen molar-refractivity contribution in [1.29, 1.82) is 0 Å². The summed E-state index contributed by atoms with van der Waals surface area (Å²) in [6.07, 6.45) is 1.14. The van der Waals surface area contributed by atoms with Crippen molar-refractivity contribution in [3.63, 3.8) is 0 Å². The topological polar surface area (TPSA) is 71.5 Å². The van der Waals surface area contributed by atoms with Gasteiger partial charge in [-0.2, -0.15) is 0 Å². The van der Waals surface area contributed by atoms with Gasteiger partial charge in [0, 0.05) is 24.2 Å². The first-order valence-electron chi connectivity index (χ1n) is 7.45. The molecule has 3 N–H and O–H groups in total. The Hall–Kier alpha value is -2.01. The Morgan fingerprint density at radius 2 is 2.33 bits per heavy atom. The Labute approximate surface area is 124 Å². The van der Waals surface area contributed by atoms with Gasteiger partial charge < -0.3 is 20.4 Å². The number of hydrogen-bond donors (Lipinski definition) is 2. The SMILES string of the molecule is CCN1CCC(CNC(=O)c2cc3cc(N)ccc3o2)C1. The number of anilines is 1. The van der Waals surface area contributed by atoms with Crippen LogP contribution in [0.25, 0.3) is 11.0 Å². The standard InChI is InChI=1S/C16H21N3O2/c1-2-19-6-5-11(10-19)9-18-16(20)15-8-12-7-13(17)3-4-14(12)21-15/h3-4,7-8,11H,2,5-6,9-10,17H2,1H3,(H,18,20). The summed E-state index contributed by atoms with van der Waals surface area (Å²) in [7, 11) is 0. The second-order valence-electron chi connectivity index (χ2n) is 5.67. The smallest absolute Gasteiger partial charge is 0.287 e. The third-order valence-electron chi connectivity index (χ3n) is 4.13. The van der Waals surface area contributed by atoms with E-state index in [1.54, 1.807) is 18.2 Å². The van der Waals surface area contributed by atoms with Crippen molar-refractivity contribution in [3.05, 3.63) is 30.0 Å². The lowest BCUT2D eigenvalue weighted by atomic mass is 10.1. The van der Waals surface area contributed by atoms with Crippen molar-refractivity contribution in [2.75, 3.05) is 31.9 Å². The van der Waals surface area contributed by atoms with Gasteiger partial charge in [-0.25, -0.2) is 0 Å². The number of rotatable bonds is 4. The van der Waals surface area contributed by atoms with Crippen LogP contribution in [0.4, 0.5) is 5.69 Å². The number of amides is 1. The summed E-state index contributed by atoms with van der Waals surface area (Å²) in [5.74, 6) is 0.731. The van der Waals surface area contributed by atoms with Crippen LogP contribution in [0.15, 0.2) is 28.7 Å². The van der Waals surface area contributed by atoms with Gasteiger partial charge >= 0.3 is 0 Å². The molecule has 0 spiro atoms. The van der Waals surface area contributed by atoms with Gasteiger partial charge in [-0.1, -0.05) is 6.92 Å². The zero-order valence-corrected chi connectivity index (χ0v) is 12.3. The Balaban J connectivity index is 1.62. The van der Waals surface area contributed by atoms with E-state index in [-0.39, 0.29) is 5.91 Å². The number of furan rings is 1. The van der Waals surface area contributed by atoms with Gasteiger partial charge in [0.1, 0.15) is 5.58 Å². The molecule has 1 aromatic carbocycles. The summed E-state index contributed by atoms with van der Waals surface area (Å²) in [6.45, 7) is 6.14. The molecular weight excluding hydrogens is 266 g/mol. The van der Waals surface area contributed by atoms with Gasteiger partial charge in [-0.15, -0.1) is 0 Å². The summed E-state index contributed by atoms with van der Waals surface area (Å²) < 4.78 is 5.56. The van der Waals surface area contributed by atoms with Crippen LogP contribution in [0.3, 0.4) is 0 Å². The Morgan fingerprint density at radius 3 is 3.10 bits per heavy atom. The number of benzene rings is 1. The van der Waals surface area contributed by atoms with E-state index in [0.29, 0.717) is 29.5 Å². The molecule has 1 unspecified atom stereocenters. The molecule has 5 heteroatoms. The monoisotopic (exact) mass is 287 g/mol. The van der Waals surface area contributed by atoms with Crippen LogP contribution in [0.1, 0.15) is 23.9 Å². The highest BCUT2D eigenvalue weighted by Gasteiger charge is 2.22. The predicted octanol–water partition coefficient (Wildman–Crippen LogP) is 2.09. The van der Waals surface area contributed by atoms with Gasteiger partial charge in [0.2, 0.25) is 0 Å². The summed E-state index contributed by atoms with van der Waals surface area (Å²) in [6, 6.07) is 7.11. The lowest BCUT2D eigenvalue weighted by Gasteiger charge is -2.13. The van der Waals surface area contributed by atoms with E-state index in [0.717, 1.165) is 31.4 Å². The normalized spacial score (nSPS) is 19.2. The van der Waals surface area contributed by atoms with E-state index >= 15 is 0 Å². The third kappa shape index (κ3) is 3.03. The number of carbonyl (C=O) groups is 1. The van der Waals surface area contributed by atoms with Gasteiger partial charge in [0.15, 0.2) is 5.76 Å². The molecule has 1 fully saturated rings. The van der Waals surface area contributed by atoms with Crippen LogP contribution in [0.2, 0.25) is 0 Å². The minimum atomic E-state index is -0.153. The van der Waals surface area contributed by atoms with E-state index in [4.69, 9.17) is 10.2 Å². The first-order chi connectivity index (χ1) is 10.2. The van der Waals surface area contributed by atoms with Gasteiger partial charge in [0.25, 0.3) is 5.91 Å². The first kappa shape index (κ1) is 13.9. The molecular formula is C16H21N3O2. The second kappa shape index (κ2) is 5.77. The zero-order valence-electron chi connectivity index (χ0n) is 12.3. The Bertz CT molecular complexity index is 650. The number of hydrogen-bond acceptors (Lipinski definition) is 4. The number of nitrogens with one attached hydrogen (secondary N) is 1. The number of carbonyl (C=O) groups excluding carboxylic acids is 1. The molecule has 1 aliphatic rings. The highest BCUT2D eigenvalue weighted by Crippen LogP contribution is 2.22. The molecule has 112 valence electrons. The second-order valence-corrected chi connectivity index (χ2v) is 5.67. The number of fused-ring (bicyclic) bond motifs is 1. The maximum absolute atomic E-state index is 12.2. The molecule has 3 rings (SSSR count). The molecule has 1 aliphatic heterocycles. The fraction of sp³-hybridized carbons (Fsp3) is 0.438. The highest BCUT2D eigenvalue weighted by molar-refractivity contribution is 5.96. The maximum Gasteiger partial charge on any atom is 0.287 e. The van der Waals surface area contributed by atoms with Crippen molar-refractivity contribution in [3.8, 4) is 0 Å². The number of nitrogens with two attached hydrogens (primary N) is 1. The van der Waals surface area contributed by atoms with Gasteiger partial charge in [0.05, 0.1) is 0 Å². The summed E-state index contributed by atoms with van der Waals surface area (Å²) in [4.78, 5) is 14.6. The maximum atomic E-state index is 12.2. The molecule has 0 radical (unpaired) electrons. The first-order valence-corrected chi connectivity index (χ1v) is 7.45. The minimum Gasteiger partial charge on any atom is -0.451 e. The molecule has 1 amide bonds. The quantitative estimate of drug-likeness (QED) is 0.845. The molecule has 2 aromatic rings. The number of likely N-dealkylation sites (tertiary alicyclic amines) is 1. The molecule has 0 saturated carbocycles. The zero-order chi connectivity index (χ0) is 14.8. The van der Waals surface area contributed by atoms with Crippen molar-refractivity contribution in [2.45, 2.75) is 13.3 Å². The molecule has 0 bridgehead atoms. The van der Waals surface area contributed by atoms with E-state index in [2.05, 4.69) is 17.1 Å². The van der Waals surface area contributed by atoms with Gasteiger partial charge in [-0.3, -0.25) is 4.79 Å². The Morgan fingerprint density at radius 1 is 1.48 bits per heavy atom. The molecule has 1 atom stereocenters. The average molecular weight is 287 g/mol. The van der Waals surface area contributed by atoms with E-state index < -0.39 is 0 Å². The number of nitrogen functional groups attached to an aromatic ring is 1. The minimum absolute atomic E-state index is 0.153. The van der Waals surface area contributed by atoms with Crippen molar-refractivity contribution < 1.29 is 9.21 Å². The van der Waals surface area contributed by atoms with Crippen molar-refractivity contribution in [1.82, 2.24) is 10.2 Å². The van der Waals surface area contributed by atoms with Crippen molar-refractivity contribution in [2.24, 2.45) is 5.92 Å². The molecule has 1 saturated heterocycles. The molecule has 5 nitrogen and oxygen atoms in total. The van der Waals surface area contributed by atoms with Crippen molar-refractivity contribution >= 4 is 22.6 Å². The molecule has 21 heavy (non-hydrogen) atoms. The van der Waals surface area contributed by atoms with Gasteiger partial charge in [-0.05, 0) is 49.7 Å². The van der Waals surface area contributed by atoms with Crippen LogP contribution in [-0.4, -0.2) is 37.0 Å². The van der Waals surface area contributed by atoms with Crippen LogP contribution in [-0.2, 0) is 0 Å². The average Bonchev–Trinajstić information content (AvgIpc) is 3.10. The lowest BCUT2D eigenvalue weighted by Crippen LogP contribution is -2.30. The largest absolute Gasteiger partial charge is 0.451 e. The summed E-state index contributed by atoms with van der Waals surface area (Å²) in [5, 5.41) is 3.83. The van der Waals surface area contributed by atoms with Crippen LogP contribution >= 0.6 is 0 Å². The fourth-order valence-electron chi connectivity index (χ4n) is 2.86. The molecule has 0 aliphatic carbocycles. The highest BCUT2D eigenvalue weighted by atomic mass is 16.3. The molecule has 1 aromatic heterocycles. The Kier molecular flexibility index (Phi) is 3.84.